The van der Waals surface area contributed by atoms with E-state index in [1.54, 1.807) is 18.5 Å². The fourth-order valence-corrected chi connectivity index (χ4v) is 3.21. The Balaban J connectivity index is 1.76. The maximum Gasteiger partial charge on any atom is 0.248 e. The molecule has 3 rings (SSSR count). The van der Waals surface area contributed by atoms with Gasteiger partial charge in [0.15, 0.2) is 0 Å². The molecule has 0 bridgehead atoms. The van der Waals surface area contributed by atoms with Crippen molar-refractivity contribution in [2.24, 2.45) is 5.73 Å². The molecule has 7 nitrogen and oxygen atoms in total. The number of nitrogens with two attached hydrogens (primary N) is 1. The normalized spacial score (nSPS) is 16.9. The highest BCUT2D eigenvalue weighted by Gasteiger charge is 2.25. The summed E-state index contributed by atoms with van der Waals surface area (Å²) in [5, 5.41) is 9.51. The average molecular weight is 341 g/mol. The summed E-state index contributed by atoms with van der Waals surface area (Å²) >= 11 is 0. The summed E-state index contributed by atoms with van der Waals surface area (Å²) < 4.78 is 0. The van der Waals surface area contributed by atoms with Crippen LogP contribution in [0, 0.1) is 0 Å². The Labute approximate surface area is 147 Å². The van der Waals surface area contributed by atoms with Crippen LogP contribution in [0.3, 0.4) is 0 Å². The highest BCUT2D eigenvalue weighted by Crippen LogP contribution is 2.25. The Morgan fingerprint density at radius 2 is 2.24 bits per heavy atom. The van der Waals surface area contributed by atoms with E-state index in [4.69, 9.17) is 5.73 Å². The number of nitrogens with zero attached hydrogens (tertiary/aromatic N) is 4. The van der Waals surface area contributed by atoms with Gasteiger partial charge in [0.2, 0.25) is 5.91 Å². The number of carbonyl (C=O) groups is 1. The van der Waals surface area contributed by atoms with Crippen molar-refractivity contribution in [2.45, 2.75) is 25.4 Å². The van der Waals surface area contributed by atoms with E-state index in [1.807, 2.05) is 30.1 Å². The van der Waals surface area contributed by atoms with Crippen molar-refractivity contribution in [3.05, 3.63) is 47.8 Å². The van der Waals surface area contributed by atoms with Crippen molar-refractivity contribution in [1.29, 1.82) is 0 Å². The maximum absolute atomic E-state index is 11.3. The molecule has 1 fully saturated rings. The lowest BCUT2D eigenvalue weighted by Crippen LogP contribution is -2.33. The van der Waals surface area contributed by atoms with Crippen LogP contribution in [0.15, 0.2) is 36.7 Å². The Bertz CT molecular complexity index is 752. The quantitative estimate of drug-likeness (QED) is 0.819. The fourth-order valence-electron chi connectivity index (χ4n) is 3.21. The van der Waals surface area contributed by atoms with Crippen LogP contribution >= 0.6 is 0 Å². The van der Waals surface area contributed by atoms with Crippen LogP contribution in [0.1, 0.15) is 28.8 Å². The third-order valence-corrected chi connectivity index (χ3v) is 4.54. The molecule has 0 radical (unpaired) electrons. The zero-order chi connectivity index (χ0) is 17.8. The van der Waals surface area contributed by atoms with Gasteiger partial charge in [0.1, 0.15) is 18.0 Å². The highest BCUT2D eigenvalue weighted by atomic mass is 16.3. The first kappa shape index (κ1) is 17.2. The summed E-state index contributed by atoms with van der Waals surface area (Å²) in [7, 11) is 1.94. The maximum atomic E-state index is 11.3. The Morgan fingerprint density at radius 1 is 1.40 bits per heavy atom. The predicted molar refractivity (Wildman–Crippen MR) is 96.6 cm³/mol. The third-order valence-electron chi connectivity index (χ3n) is 4.54. The molecule has 0 unspecified atom stereocenters. The summed E-state index contributed by atoms with van der Waals surface area (Å²) in [5.41, 5.74) is 6.82. The minimum Gasteiger partial charge on any atom is -0.394 e. The molecule has 25 heavy (non-hydrogen) atoms. The molecule has 1 aliphatic rings. The Hall–Kier alpha value is -2.67. The number of hydrogen-bond acceptors (Lipinski definition) is 6. The summed E-state index contributed by atoms with van der Waals surface area (Å²) in [4.78, 5) is 24.2. The molecular formula is C18H23N5O2. The number of primary amides is 1. The van der Waals surface area contributed by atoms with Crippen molar-refractivity contribution in [1.82, 2.24) is 9.97 Å². The van der Waals surface area contributed by atoms with Gasteiger partial charge in [0.25, 0.3) is 0 Å². The molecule has 1 saturated heterocycles. The van der Waals surface area contributed by atoms with E-state index in [-0.39, 0.29) is 12.6 Å². The summed E-state index contributed by atoms with van der Waals surface area (Å²) in [5.74, 6) is 1.19. The summed E-state index contributed by atoms with van der Waals surface area (Å²) in [6.07, 6.45) is 3.58. The molecule has 1 aliphatic heterocycles. The molecule has 3 N–H and O–H groups in total. The summed E-state index contributed by atoms with van der Waals surface area (Å²) in [6, 6.07) is 9.34. The number of anilines is 2. The number of aliphatic hydroxyl groups excluding tert-OH is 1. The number of rotatable bonds is 6. The van der Waals surface area contributed by atoms with Crippen molar-refractivity contribution in [3.63, 3.8) is 0 Å². The monoisotopic (exact) mass is 341 g/mol. The third kappa shape index (κ3) is 3.88. The van der Waals surface area contributed by atoms with Gasteiger partial charge in [-0.15, -0.1) is 0 Å². The molecule has 2 heterocycles. The molecule has 0 aliphatic carbocycles. The van der Waals surface area contributed by atoms with Crippen molar-refractivity contribution in [3.8, 4) is 0 Å². The molecule has 2 aromatic rings. The lowest BCUT2D eigenvalue weighted by molar-refractivity contribution is 0.1000. The molecular weight excluding hydrogens is 318 g/mol. The molecule has 0 saturated carbocycles. The standard InChI is InChI=1S/C18H23N5O2/c1-22(10-13-4-2-5-14(8-13)18(19)25)16-9-17(21-12-20-16)23-7-3-6-15(23)11-24/h2,4-5,8-9,12,15,24H,3,6-7,10-11H2,1H3,(H2,19,25)/t15-/m0/s1. The number of aliphatic hydroxyl groups is 1. The van der Waals surface area contributed by atoms with E-state index in [2.05, 4.69) is 14.9 Å². The van der Waals surface area contributed by atoms with Crippen LogP contribution in [0.25, 0.3) is 0 Å². The first-order valence-corrected chi connectivity index (χ1v) is 8.38. The van der Waals surface area contributed by atoms with Crippen LogP contribution in [-0.4, -0.2) is 47.2 Å². The molecule has 1 atom stereocenters. The van der Waals surface area contributed by atoms with Crippen LogP contribution in [0.5, 0.6) is 0 Å². The highest BCUT2D eigenvalue weighted by molar-refractivity contribution is 5.92. The zero-order valence-electron chi connectivity index (χ0n) is 14.3. The van der Waals surface area contributed by atoms with E-state index < -0.39 is 5.91 Å². The van der Waals surface area contributed by atoms with E-state index in [0.29, 0.717) is 12.1 Å². The molecule has 1 aromatic heterocycles. The largest absolute Gasteiger partial charge is 0.394 e. The SMILES string of the molecule is CN(Cc1cccc(C(N)=O)c1)c1cc(N2CCC[C@H]2CO)ncn1. The average Bonchev–Trinajstić information content (AvgIpc) is 3.11. The van der Waals surface area contributed by atoms with Gasteiger partial charge in [-0.05, 0) is 30.5 Å². The molecule has 0 spiro atoms. The van der Waals surface area contributed by atoms with E-state index in [9.17, 15) is 9.90 Å². The number of aromatic nitrogens is 2. The van der Waals surface area contributed by atoms with Crippen LogP contribution in [0.2, 0.25) is 0 Å². The number of carbonyl (C=O) groups excluding carboxylic acids is 1. The predicted octanol–water partition coefficient (Wildman–Crippen LogP) is 1.17. The smallest absolute Gasteiger partial charge is 0.248 e. The van der Waals surface area contributed by atoms with E-state index >= 15 is 0 Å². The number of amides is 1. The zero-order valence-corrected chi connectivity index (χ0v) is 14.3. The van der Waals surface area contributed by atoms with Crippen LogP contribution < -0.4 is 15.5 Å². The first-order valence-electron chi connectivity index (χ1n) is 8.38. The minimum atomic E-state index is -0.432. The number of benzene rings is 1. The van der Waals surface area contributed by atoms with Gasteiger partial charge in [-0.2, -0.15) is 0 Å². The minimum absolute atomic E-state index is 0.125. The number of hydrogen-bond donors (Lipinski definition) is 2. The topological polar surface area (TPSA) is 95.6 Å². The van der Waals surface area contributed by atoms with Gasteiger partial charge in [-0.3, -0.25) is 4.79 Å². The van der Waals surface area contributed by atoms with E-state index in [0.717, 1.165) is 36.6 Å². The van der Waals surface area contributed by atoms with Gasteiger partial charge in [0.05, 0.1) is 12.6 Å². The lowest BCUT2D eigenvalue weighted by Gasteiger charge is -2.25. The fraction of sp³-hybridized carbons (Fsp3) is 0.389. The second kappa shape index (κ2) is 7.48. The summed E-state index contributed by atoms with van der Waals surface area (Å²) in [6.45, 7) is 1.63. The molecule has 132 valence electrons. The Morgan fingerprint density at radius 3 is 3.00 bits per heavy atom. The van der Waals surface area contributed by atoms with Crippen molar-refractivity contribution < 1.29 is 9.90 Å². The molecule has 7 heteroatoms. The lowest BCUT2D eigenvalue weighted by atomic mass is 10.1. The van der Waals surface area contributed by atoms with Gasteiger partial charge < -0.3 is 20.6 Å². The van der Waals surface area contributed by atoms with Gasteiger partial charge in [0, 0.05) is 31.8 Å². The second-order valence-electron chi connectivity index (χ2n) is 6.33. The van der Waals surface area contributed by atoms with Gasteiger partial charge >= 0.3 is 0 Å². The molecule has 1 amide bonds. The molecule has 1 aromatic carbocycles. The Kier molecular flexibility index (Phi) is 5.14. The van der Waals surface area contributed by atoms with E-state index in [1.165, 1.54) is 0 Å². The second-order valence-corrected chi connectivity index (χ2v) is 6.33. The first-order chi connectivity index (χ1) is 12.1. The van der Waals surface area contributed by atoms with Crippen molar-refractivity contribution >= 4 is 17.5 Å². The van der Waals surface area contributed by atoms with Crippen LogP contribution in [-0.2, 0) is 6.54 Å². The van der Waals surface area contributed by atoms with Gasteiger partial charge in [-0.1, -0.05) is 12.1 Å². The van der Waals surface area contributed by atoms with Crippen molar-refractivity contribution in [2.75, 3.05) is 30.0 Å². The van der Waals surface area contributed by atoms with Gasteiger partial charge in [-0.25, -0.2) is 9.97 Å². The van der Waals surface area contributed by atoms with Crippen LogP contribution in [0.4, 0.5) is 11.6 Å².